The maximum Gasteiger partial charge on any atom is 0.223 e. The fourth-order valence-corrected chi connectivity index (χ4v) is 2.89. The van der Waals surface area contributed by atoms with Crippen LogP contribution in [0.3, 0.4) is 0 Å². The standard InChI is InChI=1S/C14H23N3O2/c1-11(12-3-2-4-16-9-12)7-14(18)17-5-6-19-13(8-15)10-17/h11-13,16H,2-7,9-10H2,1H3. The highest BCUT2D eigenvalue weighted by Gasteiger charge is 2.27. The molecule has 0 aliphatic carbocycles. The topological polar surface area (TPSA) is 65.4 Å². The molecule has 1 N–H and O–H groups in total. The number of carbonyl (C=O) groups excluding carboxylic acids is 1. The summed E-state index contributed by atoms with van der Waals surface area (Å²) in [7, 11) is 0. The molecule has 2 aliphatic rings. The van der Waals surface area contributed by atoms with Crippen molar-refractivity contribution in [1.29, 1.82) is 5.26 Å². The largest absolute Gasteiger partial charge is 0.360 e. The smallest absolute Gasteiger partial charge is 0.223 e. The van der Waals surface area contributed by atoms with Gasteiger partial charge < -0.3 is 15.0 Å². The van der Waals surface area contributed by atoms with Gasteiger partial charge in [0.2, 0.25) is 5.91 Å². The molecule has 2 fully saturated rings. The number of hydrogen-bond acceptors (Lipinski definition) is 4. The minimum atomic E-state index is -0.454. The third-order valence-electron chi connectivity index (χ3n) is 4.20. The van der Waals surface area contributed by atoms with Crippen LogP contribution in [0, 0.1) is 23.2 Å². The lowest BCUT2D eigenvalue weighted by atomic mass is 9.85. The SMILES string of the molecule is CC(CC(=O)N1CCOC(C#N)C1)C1CCCNC1. The number of rotatable bonds is 3. The summed E-state index contributed by atoms with van der Waals surface area (Å²) in [5.41, 5.74) is 0. The van der Waals surface area contributed by atoms with Crippen molar-refractivity contribution >= 4 is 5.91 Å². The van der Waals surface area contributed by atoms with Gasteiger partial charge in [-0.15, -0.1) is 0 Å². The normalized spacial score (nSPS) is 29.6. The van der Waals surface area contributed by atoms with Crippen molar-refractivity contribution in [2.24, 2.45) is 11.8 Å². The monoisotopic (exact) mass is 265 g/mol. The van der Waals surface area contributed by atoms with E-state index in [1.807, 2.05) is 0 Å². The van der Waals surface area contributed by atoms with E-state index in [-0.39, 0.29) is 5.91 Å². The molecule has 5 heteroatoms. The van der Waals surface area contributed by atoms with Gasteiger partial charge in [0.25, 0.3) is 0 Å². The van der Waals surface area contributed by atoms with Gasteiger partial charge in [0.15, 0.2) is 6.10 Å². The van der Waals surface area contributed by atoms with Crippen molar-refractivity contribution in [1.82, 2.24) is 10.2 Å². The second kappa shape index (κ2) is 6.88. The number of hydrogen-bond donors (Lipinski definition) is 1. The second-order valence-corrected chi connectivity index (χ2v) is 5.62. The summed E-state index contributed by atoms with van der Waals surface area (Å²) >= 11 is 0. The molecule has 2 heterocycles. The zero-order valence-corrected chi connectivity index (χ0v) is 11.6. The number of nitriles is 1. The Morgan fingerprint density at radius 2 is 2.47 bits per heavy atom. The lowest BCUT2D eigenvalue weighted by molar-refractivity contribution is -0.138. The Hall–Kier alpha value is -1.12. The zero-order valence-electron chi connectivity index (χ0n) is 11.6. The lowest BCUT2D eigenvalue weighted by Crippen LogP contribution is -2.46. The Labute approximate surface area is 114 Å². The third-order valence-corrected chi connectivity index (χ3v) is 4.20. The van der Waals surface area contributed by atoms with Crippen LogP contribution in [0.15, 0.2) is 0 Å². The first-order valence-electron chi connectivity index (χ1n) is 7.20. The molecule has 2 aliphatic heterocycles. The molecule has 5 nitrogen and oxygen atoms in total. The molecule has 2 saturated heterocycles. The summed E-state index contributed by atoms with van der Waals surface area (Å²) < 4.78 is 5.26. The number of nitrogens with zero attached hydrogens (tertiary/aromatic N) is 2. The Morgan fingerprint density at radius 1 is 1.63 bits per heavy atom. The quantitative estimate of drug-likeness (QED) is 0.818. The van der Waals surface area contributed by atoms with Crippen LogP contribution >= 0.6 is 0 Å². The highest BCUT2D eigenvalue weighted by molar-refractivity contribution is 5.76. The van der Waals surface area contributed by atoms with Gasteiger partial charge in [0.1, 0.15) is 0 Å². The van der Waals surface area contributed by atoms with Gasteiger partial charge in [-0.2, -0.15) is 5.26 Å². The number of amides is 1. The molecule has 0 radical (unpaired) electrons. The van der Waals surface area contributed by atoms with Crippen molar-refractivity contribution in [3.63, 3.8) is 0 Å². The van der Waals surface area contributed by atoms with E-state index in [2.05, 4.69) is 18.3 Å². The number of ether oxygens (including phenoxy) is 1. The molecule has 0 aromatic carbocycles. The van der Waals surface area contributed by atoms with E-state index in [9.17, 15) is 4.79 Å². The van der Waals surface area contributed by atoms with Crippen LogP contribution < -0.4 is 5.32 Å². The minimum Gasteiger partial charge on any atom is -0.360 e. The summed E-state index contributed by atoms with van der Waals surface area (Å²) in [5.74, 6) is 1.18. The third kappa shape index (κ3) is 3.92. The minimum absolute atomic E-state index is 0.168. The summed E-state index contributed by atoms with van der Waals surface area (Å²) in [5, 5.41) is 12.3. The number of carbonyl (C=O) groups is 1. The molecule has 1 amide bonds. The first-order chi connectivity index (χ1) is 9.20. The molecule has 0 saturated carbocycles. The molecule has 3 atom stereocenters. The van der Waals surface area contributed by atoms with Crippen LogP contribution in [0.25, 0.3) is 0 Å². The van der Waals surface area contributed by atoms with Crippen LogP contribution in [-0.2, 0) is 9.53 Å². The molecular formula is C14H23N3O2. The van der Waals surface area contributed by atoms with Crippen molar-refractivity contribution in [2.45, 2.75) is 32.3 Å². The van der Waals surface area contributed by atoms with Crippen LogP contribution in [0.4, 0.5) is 0 Å². The van der Waals surface area contributed by atoms with Gasteiger partial charge in [0, 0.05) is 13.0 Å². The summed E-state index contributed by atoms with van der Waals surface area (Å²) in [6, 6.07) is 2.08. The molecule has 106 valence electrons. The summed E-state index contributed by atoms with van der Waals surface area (Å²) in [4.78, 5) is 14.0. The van der Waals surface area contributed by atoms with E-state index in [1.54, 1.807) is 4.90 Å². The fourth-order valence-electron chi connectivity index (χ4n) is 2.89. The zero-order chi connectivity index (χ0) is 13.7. The predicted octanol–water partition coefficient (Wildman–Crippen LogP) is 0.763. The Morgan fingerprint density at radius 3 is 3.16 bits per heavy atom. The Bertz CT molecular complexity index is 347. The molecule has 0 bridgehead atoms. The highest BCUT2D eigenvalue weighted by Crippen LogP contribution is 2.23. The van der Waals surface area contributed by atoms with E-state index in [0.717, 1.165) is 13.1 Å². The predicted molar refractivity (Wildman–Crippen MR) is 71.3 cm³/mol. The molecule has 19 heavy (non-hydrogen) atoms. The van der Waals surface area contributed by atoms with Gasteiger partial charge in [0.05, 0.1) is 19.2 Å². The van der Waals surface area contributed by atoms with E-state index in [1.165, 1.54) is 12.8 Å². The van der Waals surface area contributed by atoms with E-state index in [0.29, 0.717) is 38.0 Å². The molecular weight excluding hydrogens is 242 g/mol. The molecule has 3 unspecified atom stereocenters. The second-order valence-electron chi connectivity index (χ2n) is 5.62. The highest BCUT2D eigenvalue weighted by atomic mass is 16.5. The molecule has 0 aromatic heterocycles. The molecule has 0 spiro atoms. The fraction of sp³-hybridized carbons (Fsp3) is 0.857. The van der Waals surface area contributed by atoms with Crippen molar-refractivity contribution in [3.05, 3.63) is 0 Å². The average molecular weight is 265 g/mol. The van der Waals surface area contributed by atoms with Gasteiger partial charge in [-0.1, -0.05) is 6.92 Å². The van der Waals surface area contributed by atoms with Crippen LogP contribution in [0.5, 0.6) is 0 Å². The van der Waals surface area contributed by atoms with Crippen molar-refractivity contribution in [2.75, 3.05) is 32.8 Å². The van der Waals surface area contributed by atoms with E-state index in [4.69, 9.17) is 10.00 Å². The van der Waals surface area contributed by atoms with Gasteiger partial charge in [-0.25, -0.2) is 0 Å². The number of morpholine rings is 1. The van der Waals surface area contributed by atoms with E-state index < -0.39 is 6.10 Å². The first kappa shape index (κ1) is 14.3. The van der Waals surface area contributed by atoms with Crippen LogP contribution in [0.2, 0.25) is 0 Å². The average Bonchev–Trinajstić information content (AvgIpc) is 2.48. The van der Waals surface area contributed by atoms with Crippen LogP contribution in [0.1, 0.15) is 26.2 Å². The van der Waals surface area contributed by atoms with Gasteiger partial charge in [-0.05, 0) is 37.8 Å². The molecule has 2 rings (SSSR count). The first-order valence-corrected chi connectivity index (χ1v) is 7.20. The maximum atomic E-state index is 12.3. The summed E-state index contributed by atoms with van der Waals surface area (Å²) in [6.45, 7) is 5.81. The van der Waals surface area contributed by atoms with Crippen LogP contribution in [-0.4, -0.2) is 49.7 Å². The van der Waals surface area contributed by atoms with E-state index >= 15 is 0 Å². The Kier molecular flexibility index (Phi) is 5.17. The van der Waals surface area contributed by atoms with Crippen molar-refractivity contribution < 1.29 is 9.53 Å². The van der Waals surface area contributed by atoms with Gasteiger partial charge in [-0.3, -0.25) is 4.79 Å². The Balaban J connectivity index is 1.81. The molecule has 0 aromatic rings. The van der Waals surface area contributed by atoms with Crippen molar-refractivity contribution in [3.8, 4) is 6.07 Å². The number of nitrogens with one attached hydrogen (secondary N) is 1. The number of piperidine rings is 1. The lowest BCUT2D eigenvalue weighted by Gasteiger charge is -2.33. The maximum absolute atomic E-state index is 12.3. The summed E-state index contributed by atoms with van der Waals surface area (Å²) in [6.07, 6.45) is 2.55. The van der Waals surface area contributed by atoms with Gasteiger partial charge >= 0.3 is 0 Å².